The predicted molar refractivity (Wildman–Crippen MR) is 95.9 cm³/mol. The molecule has 1 N–H and O–H groups in total. The Balaban J connectivity index is 1.59. The highest BCUT2D eigenvalue weighted by atomic mass is 16.5. The molecule has 138 valence electrons. The number of imidazole rings is 1. The van der Waals surface area contributed by atoms with Crippen molar-refractivity contribution < 1.29 is 9.53 Å². The summed E-state index contributed by atoms with van der Waals surface area (Å²) in [6.07, 6.45) is 8.59. The van der Waals surface area contributed by atoms with Crippen LogP contribution < -0.4 is 5.32 Å². The van der Waals surface area contributed by atoms with Crippen molar-refractivity contribution in [2.75, 3.05) is 32.1 Å². The lowest BCUT2D eigenvalue weighted by molar-refractivity contribution is -0.134. The maximum Gasteiger partial charge on any atom is 0.248 e. The number of aryl methyl sites for hydroxylation is 2. The zero-order valence-electron chi connectivity index (χ0n) is 15.2. The molecule has 2 aliphatic rings. The fraction of sp³-hybridized carbons (Fsp3) is 0.556. The predicted octanol–water partition coefficient (Wildman–Crippen LogP) is 0.752. The topological polar surface area (TPSA) is 85.2 Å². The number of methoxy groups -OCH3 is 1. The third-order valence-corrected chi connectivity index (χ3v) is 5.24. The van der Waals surface area contributed by atoms with Gasteiger partial charge in [-0.3, -0.25) is 4.79 Å². The molecule has 0 bridgehead atoms. The zero-order valence-corrected chi connectivity index (χ0v) is 15.2. The van der Waals surface area contributed by atoms with Gasteiger partial charge in [-0.15, -0.1) is 0 Å². The van der Waals surface area contributed by atoms with Crippen LogP contribution in [0, 0.1) is 0 Å². The first-order chi connectivity index (χ1) is 12.7. The van der Waals surface area contributed by atoms with Gasteiger partial charge in [0.05, 0.1) is 18.1 Å². The molecule has 4 rings (SSSR count). The molecule has 26 heavy (non-hydrogen) atoms. The van der Waals surface area contributed by atoms with Crippen LogP contribution in [0.5, 0.6) is 0 Å². The van der Waals surface area contributed by atoms with Crippen molar-refractivity contribution in [1.82, 2.24) is 24.4 Å². The van der Waals surface area contributed by atoms with E-state index in [1.807, 2.05) is 22.7 Å². The number of carbonyl (C=O) groups is 1. The number of amides is 1. The van der Waals surface area contributed by atoms with Crippen LogP contribution in [0.15, 0.2) is 18.9 Å². The van der Waals surface area contributed by atoms with Crippen molar-refractivity contribution in [2.45, 2.75) is 31.2 Å². The number of ether oxygens (including phenoxy) is 1. The van der Waals surface area contributed by atoms with E-state index in [0.29, 0.717) is 13.1 Å². The van der Waals surface area contributed by atoms with Crippen molar-refractivity contribution in [1.29, 1.82) is 0 Å². The van der Waals surface area contributed by atoms with E-state index >= 15 is 0 Å². The van der Waals surface area contributed by atoms with Gasteiger partial charge >= 0.3 is 0 Å². The van der Waals surface area contributed by atoms with Gasteiger partial charge in [-0.2, -0.15) is 0 Å². The largest absolute Gasteiger partial charge is 0.375 e. The SMILES string of the molecule is COCC(=O)N1C[C@@H](Nc2ncnc3c2CCC3)[C@H](c2cn(C)cn2)C1. The summed E-state index contributed by atoms with van der Waals surface area (Å²) in [7, 11) is 3.50. The molecule has 2 atom stereocenters. The molecule has 3 heterocycles. The average Bonchev–Trinajstić information content (AvgIpc) is 3.34. The highest BCUT2D eigenvalue weighted by Gasteiger charge is 2.38. The first-order valence-electron chi connectivity index (χ1n) is 8.99. The standard InChI is InChI=1S/C18H24N6O2/c1-23-7-15(21-11-23)13-6-24(17(25)9-26-2)8-16(13)22-18-12-4-3-5-14(12)19-10-20-18/h7,10-11,13,16H,3-6,8-9H2,1-2H3,(H,19,20,22)/t13-,16+/m0/s1. The van der Waals surface area contributed by atoms with Crippen LogP contribution in [-0.2, 0) is 29.4 Å². The Hall–Kier alpha value is -2.48. The second kappa shape index (κ2) is 7.03. The molecular weight excluding hydrogens is 332 g/mol. The van der Waals surface area contributed by atoms with Crippen molar-refractivity contribution in [3.05, 3.63) is 35.8 Å². The minimum atomic E-state index is 0.00523. The summed E-state index contributed by atoms with van der Waals surface area (Å²) >= 11 is 0. The first-order valence-corrected chi connectivity index (χ1v) is 8.99. The summed E-state index contributed by atoms with van der Waals surface area (Å²) in [4.78, 5) is 27.6. The molecule has 8 nitrogen and oxygen atoms in total. The molecule has 1 aliphatic carbocycles. The number of rotatable bonds is 5. The van der Waals surface area contributed by atoms with Crippen molar-refractivity contribution in [2.24, 2.45) is 7.05 Å². The summed E-state index contributed by atoms with van der Waals surface area (Å²) in [5.41, 5.74) is 3.35. The van der Waals surface area contributed by atoms with Crippen LogP contribution in [0.4, 0.5) is 5.82 Å². The lowest BCUT2D eigenvalue weighted by Crippen LogP contribution is -2.34. The summed E-state index contributed by atoms with van der Waals surface area (Å²) in [5.74, 6) is 1.02. The van der Waals surface area contributed by atoms with Crippen LogP contribution >= 0.6 is 0 Å². The Bertz CT molecular complexity index is 805. The third kappa shape index (κ3) is 3.16. The smallest absolute Gasteiger partial charge is 0.248 e. The molecule has 2 aromatic rings. The van der Waals surface area contributed by atoms with Gasteiger partial charge < -0.3 is 19.5 Å². The number of anilines is 1. The molecule has 0 saturated carbocycles. The third-order valence-electron chi connectivity index (χ3n) is 5.24. The Morgan fingerprint density at radius 3 is 2.96 bits per heavy atom. The molecule has 0 radical (unpaired) electrons. The van der Waals surface area contributed by atoms with Gasteiger partial charge in [0.1, 0.15) is 18.8 Å². The van der Waals surface area contributed by atoms with Crippen LogP contribution in [0.3, 0.4) is 0 Å². The Morgan fingerprint density at radius 2 is 2.19 bits per heavy atom. The zero-order chi connectivity index (χ0) is 18.1. The monoisotopic (exact) mass is 356 g/mol. The maximum absolute atomic E-state index is 12.3. The quantitative estimate of drug-likeness (QED) is 0.851. The van der Waals surface area contributed by atoms with E-state index in [1.165, 1.54) is 5.56 Å². The van der Waals surface area contributed by atoms with Gasteiger partial charge in [0.2, 0.25) is 5.91 Å². The number of aromatic nitrogens is 4. The minimum Gasteiger partial charge on any atom is -0.375 e. The van der Waals surface area contributed by atoms with Crippen LogP contribution in [0.25, 0.3) is 0 Å². The van der Waals surface area contributed by atoms with Crippen molar-refractivity contribution in [3.8, 4) is 0 Å². The van der Waals surface area contributed by atoms with E-state index in [4.69, 9.17) is 4.74 Å². The lowest BCUT2D eigenvalue weighted by atomic mass is 10.00. The molecule has 1 fully saturated rings. The van der Waals surface area contributed by atoms with Gasteiger partial charge in [0.15, 0.2) is 0 Å². The minimum absolute atomic E-state index is 0.00523. The number of fused-ring (bicyclic) bond motifs is 1. The maximum atomic E-state index is 12.3. The number of likely N-dealkylation sites (tertiary alicyclic amines) is 1. The van der Waals surface area contributed by atoms with Crippen LogP contribution in [0.1, 0.15) is 29.3 Å². The molecule has 2 aromatic heterocycles. The summed E-state index contributed by atoms with van der Waals surface area (Å²) in [6, 6.07) is 0.0605. The van der Waals surface area contributed by atoms with Gasteiger partial charge in [-0.05, 0) is 19.3 Å². The van der Waals surface area contributed by atoms with Gasteiger partial charge in [-0.25, -0.2) is 15.0 Å². The van der Waals surface area contributed by atoms with Crippen molar-refractivity contribution >= 4 is 11.7 Å². The second-order valence-corrected chi connectivity index (χ2v) is 7.05. The number of carbonyl (C=O) groups excluding carboxylic acids is 1. The molecule has 1 amide bonds. The molecule has 8 heteroatoms. The highest BCUT2D eigenvalue weighted by molar-refractivity contribution is 5.78. The van der Waals surface area contributed by atoms with E-state index in [0.717, 1.165) is 36.5 Å². The fourth-order valence-electron chi connectivity index (χ4n) is 3.95. The summed E-state index contributed by atoms with van der Waals surface area (Å²) in [5, 5.41) is 3.59. The summed E-state index contributed by atoms with van der Waals surface area (Å²) < 4.78 is 6.96. The molecule has 1 saturated heterocycles. The summed E-state index contributed by atoms with van der Waals surface area (Å²) in [6.45, 7) is 1.34. The van der Waals surface area contributed by atoms with Crippen LogP contribution in [-0.4, -0.2) is 63.2 Å². The Labute approximate surface area is 152 Å². The van der Waals surface area contributed by atoms with Crippen molar-refractivity contribution in [3.63, 3.8) is 0 Å². The number of nitrogens with one attached hydrogen (secondary N) is 1. The van der Waals surface area contributed by atoms with E-state index in [2.05, 4.69) is 20.3 Å². The van der Waals surface area contributed by atoms with E-state index < -0.39 is 0 Å². The molecular formula is C18H24N6O2. The molecule has 0 unspecified atom stereocenters. The van der Waals surface area contributed by atoms with Gasteiger partial charge in [0.25, 0.3) is 0 Å². The average molecular weight is 356 g/mol. The number of nitrogens with zero attached hydrogens (tertiary/aromatic N) is 5. The number of hydrogen-bond donors (Lipinski definition) is 1. The Morgan fingerprint density at radius 1 is 1.31 bits per heavy atom. The molecule has 0 aromatic carbocycles. The lowest BCUT2D eigenvalue weighted by Gasteiger charge is -2.20. The van der Waals surface area contributed by atoms with E-state index in [1.54, 1.807) is 19.8 Å². The molecule has 0 spiro atoms. The Kier molecular flexibility index (Phi) is 4.58. The van der Waals surface area contributed by atoms with Gasteiger partial charge in [0, 0.05) is 50.6 Å². The molecule has 1 aliphatic heterocycles. The normalized spacial score (nSPS) is 21.8. The van der Waals surface area contributed by atoms with E-state index in [9.17, 15) is 4.79 Å². The van der Waals surface area contributed by atoms with E-state index in [-0.39, 0.29) is 24.5 Å². The number of hydrogen-bond acceptors (Lipinski definition) is 6. The highest BCUT2D eigenvalue weighted by Crippen LogP contribution is 2.31. The second-order valence-electron chi connectivity index (χ2n) is 7.05. The van der Waals surface area contributed by atoms with Gasteiger partial charge in [-0.1, -0.05) is 0 Å². The fourth-order valence-corrected chi connectivity index (χ4v) is 3.95. The first kappa shape index (κ1) is 17.0. The van der Waals surface area contributed by atoms with Crippen LogP contribution in [0.2, 0.25) is 0 Å².